The zero-order valence-corrected chi connectivity index (χ0v) is 19.6. The summed E-state index contributed by atoms with van der Waals surface area (Å²) >= 11 is 0. The van der Waals surface area contributed by atoms with Gasteiger partial charge in [-0.2, -0.15) is 5.10 Å². The van der Waals surface area contributed by atoms with Crippen molar-refractivity contribution in [1.29, 1.82) is 0 Å². The van der Waals surface area contributed by atoms with Gasteiger partial charge in [0.1, 0.15) is 0 Å². The minimum atomic E-state index is -0.701. The molecule has 0 aliphatic carbocycles. The molecule has 0 radical (unpaired) electrons. The van der Waals surface area contributed by atoms with Gasteiger partial charge in [-0.1, -0.05) is 12.6 Å². The van der Waals surface area contributed by atoms with Crippen LogP contribution in [0.5, 0.6) is 0 Å². The molecule has 3 atom stereocenters. The van der Waals surface area contributed by atoms with Crippen LogP contribution in [0, 0.1) is 5.92 Å². The fourth-order valence-electron chi connectivity index (χ4n) is 5.18. The molecule has 1 N–H and O–H groups in total. The predicted molar refractivity (Wildman–Crippen MR) is 128 cm³/mol. The molecule has 2 unspecified atom stereocenters. The van der Waals surface area contributed by atoms with E-state index in [9.17, 15) is 9.59 Å². The van der Waals surface area contributed by atoms with Crippen molar-refractivity contribution in [3.8, 4) is 0 Å². The summed E-state index contributed by atoms with van der Waals surface area (Å²) in [6.07, 6.45) is 9.81. The van der Waals surface area contributed by atoms with E-state index < -0.39 is 17.8 Å². The van der Waals surface area contributed by atoms with Crippen molar-refractivity contribution in [3.05, 3.63) is 72.1 Å². The Balaban J connectivity index is 1.57. The van der Waals surface area contributed by atoms with Crippen LogP contribution in [-0.4, -0.2) is 67.9 Å². The monoisotopic (exact) mass is 477 g/mol. The number of likely N-dealkylation sites (tertiary alicyclic amines) is 1. The number of fused-ring (bicyclic) bond motifs is 1. The molecule has 2 aromatic rings. The summed E-state index contributed by atoms with van der Waals surface area (Å²) < 4.78 is 17.7. The second-order valence-electron chi connectivity index (χ2n) is 9.15. The topological polar surface area (TPSA) is 95.7 Å². The van der Waals surface area contributed by atoms with Crippen molar-refractivity contribution in [2.24, 2.45) is 18.0 Å². The number of halogens is 1. The Labute approximate surface area is 203 Å². The quantitative estimate of drug-likeness (QED) is 0.664. The Morgan fingerprint density at radius 2 is 2.26 bits per heavy atom. The largest absolute Gasteiger partial charge is 0.352 e. The standard InChI is InChI=1S/C25H28FN7O2/c1-3-20(34)32-9-5-7-18(15-32)33(13-16-6-4-8-27-10-16)24-22(26)19-12-28-25(35)21(19)23(30-24)17-11-29-31(2)14-17/h3-4,6,8,10-11,14,18,21,23H,1,5,7,9,12-13,15H2,2H3,(H,28,35)/t18-,21?,23?/m1/s1. The number of aromatic nitrogens is 3. The number of aryl methyl sites for hydroxylation is 1. The van der Waals surface area contributed by atoms with E-state index in [2.05, 4.69) is 22.0 Å². The lowest BCUT2D eigenvalue weighted by Gasteiger charge is -2.42. The number of piperidine rings is 1. The number of hydrogen-bond donors (Lipinski definition) is 1. The number of pyridine rings is 1. The van der Waals surface area contributed by atoms with Gasteiger partial charge in [-0.15, -0.1) is 0 Å². The van der Waals surface area contributed by atoms with Gasteiger partial charge in [-0.3, -0.25) is 24.2 Å². The smallest absolute Gasteiger partial charge is 0.246 e. The lowest BCUT2D eigenvalue weighted by Crippen LogP contribution is -2.52. The van der Waals surface area contributed by atoms with Crippen LogP contribution in [0.2, 0.25) is 0 Å². The summed E-state index contributed by atoms with van der Waals surface area (Å²) in [5.74, 6) is -1.33. The molecule has 9 nitrogen and oxygen atoms in total. The van der Waals surface area contributed by atoms with Gasteiger partial charge in [0.25, 0.3) is 0 Å². The third-order valence-corrected chi connectivity index (χ3v) is 6.90. The average Bonchev–Trinajstić information content (AvgIpc) is 3.49. The summed E-state index contributed by atoms with van der Waals surface area (Å²) in [5, 5.41) is 7.03. The van der Waals surface area contributed by atoms with Gasteiger partial charge in [0.05, 0.1) is 18.2 Å². The number of aliphatic imine (C=N–C) groups is 1. The molecular weight excluding hydrogens is 449 g/mol. The van der Waals surface area contributed by atoms with Crippen molar-refractivity contribution in [3.63, 3.8) is 0 Å². The Morgan fingerprint density at radius 3 is 2.97 bits per heavy atom. The highest BCUT2D eigenvalue weighted by Crippen LogP contribution is 2.41. The number of amidine groups is 1. The van der Waals surface area contributed by atoms with Gasteiger partial charge in [-0.05, 0) is 30.5 Å². The number of carbonyl (C=O) groups excluding carboxylic acids is 2. The summed E-state index contributed by atoms with van der Waals surface area (Å²) in [7, 11) is 1.80. The van der Waals surface area contributed by atoms with Crippen LogP contribution in [0.1, 0.15) is 30.0 Å². The third-order valence-electron chi connectivity index (χ3n) is 6.90. The minimum absolute atomic E-state index is 0.140. The highest BCUT2D eigenvalue weighted by Gasteiger charge is 2.45. The third kappa shape index (κ3) is 4.36. The van der Waals surface area contributed by atoms with Crippen LogP contribution in [0.4, 0.5) is 4.39 Å². The molecule has 2 fully saturated rings. The molecule has 35 heavy (non-hydrogen) atoms. The molecule has 0 spiro atoms. The molecule has 0 aromatic carbocycles. The van der Waals surface area contributed by atoms with E-state index in [1.54, 1.807) is 35.2 Å². The number of nitrogens with one attached hydrogen (secondary N) is 1. The second kappa shape index (κ2) is 9.44. The van der Waals surface area contributed by atoms with Crippen LogP contribution in [0.3, 0.4) is 0 Å². The van der Waals surface area contributed by atoms with Gasteiger partial charge >= 0.3 is 0 Å². The Hall–Kier alpha value is -3.82. The van der Waals surface area contributed by atoms with Crippen molar-refractivity contribution in [2.75, 3.05) is 19.6 Å². The fourth-order valence-corrected chi connectivity index (χ4v) is 5.18. The van der Waals surface area contributed by atoms with Crippen molar-refractivity contribution < 1.29 is 14.0 Å². The number of rotatable bonds is 5. The molecular formula is C25H28FN7O2. The van der Waals surface area contributed by atoms with Crippen LogP contribution >= 0.6 is 0 Å². The highest BCUT2D eigenvalue weighted by atomic mass is 19.1. The molecule has 2 saturated heterocycles. The normalized spacial score (nSPS) is 24.1. The van der Waals surface area contributed by atoms with Gasteiger partial charge < -0.3 is 15.1 Å². The summed E-state index contributed by atoms with van der Waals surface area (Å²) in [6.45, 7) is 5.21. The minimum Gasteiger partial charge on any atom is -0.352 e. The van der Waals surface area contributed by atoms with Gasteiger partial charge in [-0.25, -0.2) is 4.39 Å². The van der Waals surface area contributed by atoms with E-state index in [1.807, 2.05) is 23.2 Å². The summed E-state index contributed by atoms with van der Waals surface area (Å²) in [6, 6.07) is 3.04. The number of carbonyl (C=O) groups is 2. The molecule has 5 heterocycles. The Bertz CT molecular complexity index is 1210. The number of amides is 2. The second-order valence-corrected chi connectivity index (χ2v) is 9.15. The molecule has 182 valence electrons. The van der Waals surface area contributed by atoms with E-state index in [0.29, 0.717) is 25.2 Å². The lowest BCUT2D eigenvalue weighted by atomic mass is 9.87. The fraction of sp³-hybridized carbons (Fsp3) is 0.400. The zero-order valence-electron chi connectivity index (χ0n) is 19.6. The maximum Gasteiger partial charge on any atom is 0.246 e. The maximum absolute atomic E-state index is 16.1. The van der Waals surface area contributed by atoms with Gasteiger partial charge in [0.15, 0.2) is 11.7 Å². The van der Waals surface area contributed by atoms with E-state index in [1.165, 1.54) is 6.08 Å². The zero-order chi connectivity index (χ0) is 24.5. The van der Waals surface area contributed by atoms with E-state index in [0.717, 1.165) is 24.0 Å². The van der Waals surface area contributed by atoms with Gasteiger partial charge in [0.2, 0.25) is 11.8 Å². The molecule has 10 heteroatoms. The molecule has 3 aliphatic rings. The average molecular weight is 478 g/mol. The van der Waals surface area contributed by atoms with Crippen molar-refractivity contribution in [1.82, 2.24) is 29.9 Å². The lowest BCUT2D eigenvalue weighted by molar-refractivity contribution is -0.128. The first-order chi connectivity index (χ1) is 17.0. The summed E-state index contributed by atoms with van der Waals surface area (Å²) in [4.78, 5) is 37.8. The molecule has 2 aromatic heterocycles. The predicted octanol–water partition coefficient (Wildman–Crippen LogP) is 1.92. The van der Waals surface area contributed by atoms with Crippen LogP contribution < -0.4 is 5.32 Å². The molecule has 2 amide bonds. The Kier molecular flexibility index (Phi) is 6.19. The van der Waals surface area contributed by atoms with E-state index in [-0.39, 0.29) is 30.2 Å². The van der Waals surface area contributed by atoms with Crippen LogP contribution in [0.25, 0.3) is 0 Å². The highest BCUT2D eigenvalue weighted by molar-refractivity contribution is 6.02. The Morgan fingerprint density at radius 1 is 1.40 bits per heavy atom. The van der Waals surface area contributed by atoms with Crippen LogP contribution in [0.15, 0.2) is 66.0 Å². The van der Waals surface area contributed by atoms with E-state index >= 15 is 4.39 Å². The molecule has 0 bridgehead atoms. The van der Waals surface area contributed by atoms with Crippen molar-refractivity contribution in [2.45, 2.75) is 31.5 Å². The van der Waals surface area contributed by atoms with Gasteiger partial charge in [0, 0.05) is 69.0 Å². The maximum atomic E-state index is 16.1. The SMILES string of the molecule is C=CC(=O)N1CCC[C@@H](N(Cc2cccnc2)C2=NC(c3cnn(C)c3)C3C(=O)NCC3=C2F)C1. The number of dihydropyridines is 1. The summed E-state index contributed by atoms with van der Waals surface area (Å²) in [5.41, 5.74) is 2.08. The number of nitrogens with zero attached hydrogens (tertiary/aromatic N) is 6. The molecule has 5 rings (SSSR count). The first-order valence-corrected chi connectivity index (χ1v) is 11.8. The van der Waals surface area contributed by atoms with E-state index in [4.69, 9.17) is 4.99 Å². The van der Waals surface area contributed by atoms with Crippen LogP contribution in [-0.2, 0) is 23.2 Å². The number of hydrogen-bond acceptors (Lipinski definition) is 6. The first kappa shape index (κ1) is 22.9. The molecule has 3 aliphatic heterocycles. The van der Waals surface area contributed by atoms with Crippen molar-refractivity contribution >= 4 is 17.6 Å². The first-order valence-electron chi connectivity index (χ1n) is 11.8. The molecule has 0 saturated carbocycles.